The number of fused-ring (bicyclic) bond motifs is 4. The maximum absolute atomic E-state index is 13.1. The lowest BCUT2D eigenvalue weighted by Crippen LogP contribution is -2.70. The maximum Gasteiger partial charge on any atom is 0.488 e. The fourth-order valence-corrected chi connectivity index (χ4v) is 11.7. The third-order valence-corrected chi connectivity index (χ3v) is 16.5. The summed E-state index contributed by atoms with van der Waals surface area (Å²) in [6.45, 7) is 8.07. The third kappa shape index (κ3) is 9.83. The van der Waals surface area contributed by atoms with E-state index < -0.39 is 7.12 Å². The van der Waals surface area contributed by atoms with Gasteiger partial charge in [0.25, 0.3) is 23.6 Å². The molecule has 0 saturated carbocycles. The largest absolute Gasteiger partial charge is 0.488 e. The Kier molecular flexibility index (Phi) is 13.6. The monoisotopic (exact) mass is 1070 g/mol. The molecule has 6 heterocycles. The van der Waals surface area contributed by atoms with Gasteiger partial charge in [-0.15, -0.1) is 0 Å². The Hall–Kier alpha value is -7.46. The number of hydrogen-bond donors (Lipinski definition) is 2. The molecule has 0 aliphatic carbocycles. The van der Waals surface area contributed by atoms with Crippen molar-refractivity contribution in [1.82, 2.24) is 29.4 Å². The standard InChI is InChI=1S/C31H27N3O2.C25H22BrN3O2.C6H7BO2/c35-30(25-13-12-23-14-22(10-11-24(23)15-25)21-6-2-1-3-7-21)33-17-27(18-33)32-19-28(20-32)34-16-26-8-4-5-9-29(26)31(34)36;26-20-8-7-16-9-18(6-5-17(16)10-20)24(30)28-12-21(13-28)27-14-22(15-27)29-11-19-3-1-2-4-23(19)25(29)31;8-7(9)6-4-2-1-3-5-6/h1-15,27-28H,16-20H2;1-10,21-22H,11-15H2;1-5,8-9H. The number of carbonyl (C=O) groups is 4. The predicted octanol–water partition coefficient (Wildman–Crippen LogP) is 7.80. The van der Waals surface area contributed by atoms with Crippen LogP contribution >= 0.6 is 15.9 Å². The molecule has 76 heavy (non-hydrogen) atoms. The molecule has 8 aromatic rings. The Morgan fingerprint density at radius 3 is 1.33 bits per heavy atom. The van der Waals surface area contributed by atoms with Gasteiger partial charge in [0.2, 0.25) is 0 Å². The molecule has 4 fully saturated rings. The molecule has 4 saturated heterocycles. The van der Waals surface area contributed by atoms with E-state index >= 15 is 0 Å². The van der Waals surface area contributed by atoms with Crippen molar-refractivity contribution in [3.05, 3.63) is 220 Å². The molecular weight excluding hydrogens is 1020 g/mol. The van der Waals surface area contributed by atoms with Gasteiger partial charge in [-0.05, 0) is 104 Å². The van der Waals surface area contributed by atoms with Crippen molar-refractivity contribution in [3.8, 4) is 11.1 Å². The number of benzene rings is 8. The van der Waals surface area contributed by atoms with Crippen LogP contribution in [0.1, 0.15) is 52.6 Å². The minimum atomic E-state index is -1.34. The molecule has 6 aliphatic rings. The van der Waals surface area contributed by atoms with Gasteiger partial charge in [-0.3, -0.25) is 29.0 Å². The lowest BCUT2D eigenvalue weighted by Gasteiger charge is -2.53. The molecule has 14 rings (SSSR count). The second-order valence-corrected chi connectivity index (χ2v) is 21.7. The summed E-state index contributed by atoms with van der Waals surface area (Å²) >= 11 is 3.49. The van der Waals surface area contributed by atoms with Gasteiger partial charge < -0.3 is 29.6 Å². The molecule has 0 bridgehead atoms. The van der Waals surface area contributed by atoms with Crippen LogP contribution in [0.25, 0.3) is 32.7 Å². The minimum absolute atomic E-state index is 0.0996. The first-order valence-electron chi connectivity index (χ1n) is 26.1. The van der Waals surface area contributed by atoms with Crippen LogP contribution in [0.3, 0.4) is 0 Å². The normalized spacial score (nSPS) is 17.7. The number of halogens is 1. The lowest BCUT2D eigenvalue weighted by molar-refractivity contribution is -0.0367. The maximum atomic E-state index is 13.1. The van der Waals surface area contributed by atoms with E-state index in [0.717, 1.165) is 125 Å². The van der Waals surface area contributed by atoms with E-state index in [1.165, 1.54) is 11.1 Å². The summed E-state index contributed by atoms with van der Waals surface area (Å²) in [5.41, 5.74) is 8.36. The first-order chi connectivity index (χ1) is 37.0. The van der Waals surface area contributed by atoms with Gasteiger partial charge in [0.05, 0.1) is 12.1 Å². The van der Waals surface area contributed by atoms with Crippen LogP contribution in [0, 0.1) is 0 Å². The first-order valence-corrected chi connectivity index (χ1v) is 26.8. The Bertz CT molecular complexity index is 3510. The minimum Gasteiger partial charge on any atom is -0.423 e. The van der Waals surface area contributed by atoms with Crippen molar-refractivity contribution >= 4 is 73.7 Å². The third-order valence-electron chi connectivity index (χ3n) is 16.0. The van der Waals surface area contributed by atoms with Crippen molar-refractivity contribution in [2.75, 3.05) is 52.4 Å². The zero-order valence-corrected chi connectivity index (χ0v) is 43.5. The summed E-state index contributed by atoms with van der Waals surface area (Å²) in [6, 6.07) is 60.6. The molecule has 0 atom stereocenters. The molecule has 8 aromatic carbocycles. The van der Waals surface area contributed by atoms with Crippen molar-refractivity contribution in [1.29, 1.82) is 0 Å². The highest BCUT2D eigenvalue weighted by Gasteiger charge is 2.46. The summed E-state index contributed by atoms with van der Waals surface area (Å²) in [5.74, 6) is 0.521. The smallest absolute Gasteiger partial charge is 0.423 e. The molecule has 2 N–H and O–H groups in total. The summed E-state index contributed by atoms with van der Waals surface area (Å²) in [5, 5.41) is 21.6. The number of amides is 4. The molecule has 0 aromatic heterocycles. The SMILES string of the molecule is O=C(c1ccc2cc(-c3ccccc3)ccc2c1)N1CC(N2CC(N3Cc4ccccc4C3=O)C2)C1.O=C(c1ccc2cc(Br)ccc2c1)N1CC(N2CC(N3Cc4ccccc4C3=O)C2)C1.OB(O)c1ccccc1. The molecule has 380 valence electrons. The van der Waals surface area contributed by atoms with Gasteiger partial charge in [-0.1, -0.05) is 143 Å². The molecule has 0 radical (unpaired) electrons. The number of hydrogen-bond acceptors (Lipinski definition) is 8. The van der Waals surface area contributed by atoms with Crippen molar-refractivity contribution < 1.29 is 29.2 Å². The zero-order valence-electron chi connectivity index (χ0n) is 41.9. The second kappa shape index (κ2) is 20.9. The Morgan fingerprint density at radius 1 is 0.434 bits per heavy atom. The van der Waals surface area contributed by atoms with Gasteiger partial charge in [0, 0.05) is 104 Å². The number of rotatable bonds is 8. The van der Waals surface area contributed by atoms with E-state index in [-0.39, 0.29) is 35.7 Å². The van der Waals surface area contributed by atoms with Crippen molar-refractivity contribution in [2.24, 2.45) is 0 Å². The Balaban J connectivity index is 0.000000133. The summed E-state index contributed by atoms with van der Waals surface area (Å²) in [6.07, 6.45) is 0. The molecule has 4 amide bonds. The number of likely N-dealkylation sites (tertiary alicyclic amines) is 4. The van der Waals surface area contributed by atoms with Gasteiger partial charge in [0.15, 0.2) is 0 Å². The topological polar surface area (TPSA) is 128 Å². The van der Waals surface area contributed by atoms with Crippen LogP contribution in [0.15, 0.2) is 186 Å². The van der Waals surface area contributed by atoms with E-state index in [9.17, 15) is 19.2 Å². The molecule has 6 aliphatic heterocycles. The Labute approximate surface area is 450 Å². The zero-order chi connectivity index (χ0) is 52.0. The van der Waals surface area contributed by atoms with Crippen molar-refractivity contribution in [3.63, 3.8) is 0 Å². The Morgan fingerprint density at radius 2 is 0.855 bits per heavy atom. The summed E-state index contributed by atoms with van der Waals surface area (Å²) in [7, 11) is -1.34. The molecule has 0 unspecified atom stereocenters. The molecule has 0 spiro atoms. The van der Waals surface area contributed by atoms with Crippen molar-refractivity contribution in [2.45, 2.75) is 37.3 Å². The van der Waals surface area contributed by atoms with Crippen LogP contribution in [0.4, 0.5) is 0 Å². The van der Waals surface area contributed by atoms with Crippen LogP contribution in [-0.2, 0) is 13.1 Å². The highest BCUT2D eigenvalue weighted by molar-refractivity contribution is 9.10. The van der Waals surface area contributed by atoms with Gasteiger partial charge >= 0.3 is 7.12 Å². The highest BCUT2D eigenvalue weighted by Crippen LogP contribution is 2.34. The highest BCUT2D eigenvalue weighted by atomic mass is 79.9. The summed E-state index contributed by atoms with van der Waals surface area (Å²) < 4.78 is 1.04. The quantitative estimate of drug-likeness (QED) is 0.148. The van der Waals surface area contributed by atoms with Crippen LogP contribution in [-0.4, -0.2) is 147 Å². The van der Waals surface area contributed by atoms with E-state index in [1.807, 2.05) is 135 Å². The van der Waals surface area contributed by atoms with Gasteiger partial charge in [-0.25, -0.2) is 0 Å². The van der Waals surface area contributed by atoms with Gasteiger partial charge in [0.1, 0.15) is 0 Å². The van der Waals surface area contributed by atoms with Gasteiger partial charge in [-0.2, -0.15) is 0 Å². The summed E-state index contributed by atoms with van der Waals surface area (Å²) in [4.78, 5) is 64.1. The van der Waals surface area contributed by atoms with E-state index in [2.05, 4.69) is 68.2 Å². The fraction of sp³-hybridized carbons (Fsp3) is 0.226. The van der Waals surface area contributed by atoms with E-state index in [1.54, 1.807) is 24.3 Å². The average Bonchev–Trinajstić information content (AvgIpc) is 3.92. The molecule has 14 heteroatoms. The first kappa shape index (κ1) is 49.4. The van der Waals surface area contributed by atoms with E-state index in [4.69, 9.17) is 10.0 Å². The predicted molar refractivity (Wildman–Crippen MR) is 300 cm³/mol. The second-order valence-electron chi connectivity index (χ2n) is 20.8. The number of nitrogens with zero attached hydrogens (tertiary/aromatic N) is 6. The lowest BCUT2D eigenvalue weighted by atomic mass is 9.81. The fourth-order valence-electron chi connectivity index (χ4n) is 11.3. The van der Waals surface area contributed by atoms with Crippen LogP contribution in [0.5, 0.6) is 0 Å². The number of carbonyl (C=O) groups excluding carboxylic acids is 4. The molecule has 12 nitrogen and oxygen atoms in total. The molecular formula is C62H56BBrN6O6. The van der Waals surface area contributed by atoms with Crippen LogP contribution < -0.4 is 5.46 Å². The average molecular weight is 1070 g/mol. The van der Waals surface area contributed by atoms with Crippen LogP contribution in [0.2, 0.25) is 0 Å². The van der Waals surface area contributed by atoms with E-state index in [0.29, 0.717) is 17.5 Å².